The van der Waals surface area contributed by atoms with E-state index in [4.69, 9.17) is 0 Å². The summed E-state index contributed by atoms with van der Waals surface area (Å²) in [6, 6.07) is 0.608. The zero-order chi connectivity index (χ0) is 10.1. The van der Waals surface area contributed by atoms with E-state index in [0.717, 1.165) is 18.9 Å². The van der Waals surface area contributed by atoms with Gasteiger partial charge >= 0.3 is 0 Å². The van der Waals surface area contributed by atoms with Gasteiger partial charge in [0.05, 0.1) is 6.54 Å². The topological polar surface area (TPSA) is 65.6 Å². The van der Waals surface area contributed by atoms with Gasteiger partial charge in [0, 0.05) is 11.6 Å². The van der Waals surface area contributed by atoms with Crippen LogP contribution in [-0.2, 0) is 6.54 Å². The van der Waals surface area contributed by atoms with Crippen molar-refractivity contribution in [2.75, 3.05) is 6.54 Å². The van der Waals surface area contributed by atoms with Crippen molar-refractivity contribution in [2.24, 2.45) is 0 Å². The molecule has 0 bridgehead atoms. The molecule has 1 aromatic heterocycles. The molecule has 2 fully saturated rings. The number of aromatic nitrogens is 3. The maximum Gasteiger partial charge on any atom is 0.138 e. The minimum atomic E-state index is 0.403. The van der Waals surface area contributed by atoms with Crippen molar-refractivity contribution in [3.8, 4) is 0 Å². The van der Waals surface area contributed by atoms with Gasteiger partial charge in [-0.15, -0.1) is 0 Å². The van der Waals surface area contributed by atoms with E-state index in [0.29, 0.717) is 11.6 Å². The van der Waals surface area contributed by atoms with Gasteiger partial charge in [-0.25, -0.2) is 4.98 Å². The van der Waals surface area contributed by atoms with Crippen LogP contribution in [0, 0.1) is 0 Å². The van der Waals surface area contributed by atoms with Gasteiger partial charge in [0.15, 0.2) is 0 Å². The fraction of sp³-hybridized carbons (Fsp3) is 0.800. The molecule has 3 N–H and O–H groups in total. The van der Waals surface area contributed by atoms with Crippen LogP contribution in [0.4, 0.5) is 0 Å². The summed E-state index contributed by atoms with van der Waals surface area (Å²) in [5.41, 5.74) is 0.403. The molecule has 1 saturated heterocycles. The zero-order valence-electron chi connectivity index (χ0n) is 8.79. The van der Waals surface area contributed by atoms with E-state index in [2.05, 4.69) is 25.8 Å². The Morgan fingerprint density at radius 3 is 3.13 bits per heavy atom. The van der Waals surface area contributed by atoms with Crippen molar-refractivity contribution in [3.63, 3.8) is 0 Å². The molecule has 1 aromatic rings. The summed E-state index contributed by atoms with van der Waals surface area (Å²) >= 11 is 0. The molecule has 1 atom stereocenters. The highest BCUT2D eigenvalue weighted by atomic mass is 15.2. The highest BCUT2D eigenvalue weighted by Gasteiger charge is 2.46. The van der Waals surface area contributed by atoms with Crippen LogP contribution in [0.2, 0.25) is 0 Å². The van der Waals surface area contributed by atoms with Crippen molar-refractivity contribution >= 4 is 0 Å². The Hall–Kier alpha value is -0.940. The highest BCUT2D eigenvalue weighted by Crippen LogP contribution is 2.39. The molecule has 82 valence electrons. The van der Waals surface area contributed by atoms with Crippen LogP contribution < -0.4 is 10.6 Å². The molecule has 0 aromatic carbocycles. The van der Waals surface area contributed by atoms with Crippen molar-refractivity contribution < 1.29 is 0 Å². The van der Waals surface area contributed by atoms with Gasteiger partial charge in [-0.05, 0) is 32.2 Å². The maximum atomic E-state index is 4.12. The van der Waals surface area contributed by atoms with Gasteiger partial charge < -0.3 is 10.6 Å². The number of rotatable bonds is 3. The van der Waals surface area contributed by atoms with E-state index >= 15 is 0 Å². The van der Waals surface area contributed by atoms with Crippen molar-refractivity contribution in [3.05, 3.63) is 12.2 Å². The quantitative estimate of drug-likeness (QED) is 0.661. The molecule has 2 aliphatic rings. The normalized spacial score (nSPS) is 28.1. The molecule has 0 amide bonds. The Morgan fingerprint density at radius 1 is 1.53 bits per heavy atom. The first-order chi connectivity index (χ1) is 7.39. The van der Waals surface area contributed by atoms with Crippen LogP contribution in [0.5, 0.6) is 0 Å². The number of nitrogens with one attached hydrogen (secondary N) is 3. The molecule has 2 heterocycles. The first-order valence-electron chi connectivity index (χ1n) is 5.72. The molecular weight excluding hydrogens is 190 g/mol. The SMILES string of the molecule is c1n[nH]c(CNC2CCNC23CCC3)n1. The highest BCUT2D eigenvalue weighted by molar-refractivity contribution is 5.09. The van der Waals surface area contributed by atoms with Crippen LogP contribution in [0.1, 0.15) is 31.5 Å². The third kappa shape index (κ3) is 1.55. The first-order valence-corrected chi connectivity index (χ1v) is 5.72. The lowest BCUT2D eigenvalue weighted by Gasteiger charge is -2.43. The minimum Gasteiger partial charge on any atom is -0.310 e. The van der Waals surface area contributed by atoms with Crippen LogP contribution >= 0.6 is 0 Å². The Morgan fingerprint density at radius 2 is 2.47 bits per heavy atom. The molecule has 1 unspecified atom stereocenters. The molecule has 5 heteroatoms. The van der Waals surface area contributed by atoms with Crippen molar-refractivity contribution in [2.45, 2.75) is 43.8 Å². The molecule has 0 radical (unpaired) electrons. The van der Waals surface area contributed by atoms with E-state index in [9.17, 15) is 0 Å². The lowest BCUT2D eigenvalue weighted by Crippen LogP contribution is -2.57. The monoisotopic (exact) mass is 207 g/mol. The Kier molecular flexibility index (Phi) is 2.21. The molecule has 5 nitrogen and oxygen atoms in total. The van der Waals surface area contributed by atoms with E-state index < -0.39 is 0 Å². The summed E-state index contributed by atoms with van der Waals surface area (Å²) < 4.78 is 0. The second-order valence-corrected chi connectivity index (χ2v) is 4.59. The number of nitrogens with zero attached hydrogens (tertiary/aromatic N) is 2. The summed E-state index contributed by atoms with van der Waals surface area (Å²) in [4.78, 5) is 4.12. The van der Waals surface area contributed by atoms with E-state index in [-0.39, 0.29) is 0 Å². The lowest BCUT2D eigenvalue weighted by molar-refractivity contribution is 0.170. The molecule has 1 saturated carbocycles. The Labute approximate surface area is 89.1 Å². The average molecular weight is 207 g/mol. The van der Waals surface area contributed by atoms with Gasteiger partial charge in [-0.3, -0.25) is 5.10 Å². The van der Waals surface area contributed by atoms with Gasteiger partial charge in [-0.1, -0.05) is 0 Å². The smallest absolute Gasteiger partial charge is 0.138 e. The molecule has 15 heavy (non-hydrogen) atoms. The van der Waals surface area contributed by atoms with Crippen LogP contribution in [0.15, 0.2) is 6.33 Å². The molecule has 3 rings (SSSR count). The number of hydrogen-bond acceptors (Lipinski definition) is 4. The second kappa shape index (κ2) is 3.57. The van der Waals surface area contributed by atoms with Gasteiger partial charge in [0.1, 0.15) is 12.2 Å². The summed E-state index contributed by atoms with van der Waals surface area (Å²) in [6.45, 7) is 1.95. The summed E-state index contributed by atoms with van der Waals surface area (Å²) in [6.07, 6.45) is 6.80. The third-order valence-electron chi connectivity index (χ3n) is 3.80. The van der Waals surface area contributed by atoms with Gasteiger partial charge in [0.2, 0.25) is 0 Å². The van der Waals surface area contributed by atoms with Crippen LogP contribution in [0.3, 0.4) is 0 Å². The number of hydrogen-bond donors (Lipinski definition) is 3. The lowest BCUT2D eigenvalue weighted by atomic mass is 9.73. The molecule has 1 aliphatic heterocycles. The van der Waals surface area contributed by atoms with Gasteiger partial charge in [0.25, 0.3) is 0 Å². The second-order valence-electron chi connectivity index (χ2n) is 4.59. The summed E-state index contributed by atoms with van der Waals surface area (Å²) in [5.74, 6) is 0.927. The first kappa shape index (κ1) is 9.30. The van der Waals surface area contributed by atoms with E-state index in [1.54, 1.807) is 6.33 Å². The maximum absolute atomic E-state index is 4.12. The zero-order valence-corrected chi connectivity index (χ0v) is 8.79. The number of aromatic amines is 1. The number of H-pyrrole nitrogens is 1. The van der Waals surface area contributed by atoms with E-state index in [1.807, 2.05) is 0 Å². The predicted octanol–water partition coefficient (Wildman–Crippen LogP) is 0.179. The molecule has 1 aliphatic carbocycles. The minimum absolute atomic E-state index is 0.403. The fourth-order valence-corrected chi connectivity index (χ4v) is 2.78. The van der Waals surface area contributed by atoms with Crippen molar-refractivity contribution in [1.82, 2.24) is 25.8 Å². The summed E-state index contributed by atoms with van der Waals surface area (Å²) in [5, 5.41) is 13.9. The summed E-state index contributed by atoms with van der Waals surface area (Å²) in [7, 11) is 0. The Bertz CT molecular complexity index is 317. The predicted molar refractivity (Wildman–Crippen MR) is 56.2 cm³/mol. The molecule has 1 spiro atoms. The molecular formula is C10H17N5. The standard InChI is InChI=1S/C10H17N5/c1-3-10(4-1)8(2-5-13-10)11-6-9-12-7-14-15-9/h7-8,11,13H,1-6H2,(H,12,14,15). The Balaban J connectivity index is 1.59. The van der Waals surface area contributed by atoms with Crippen LogP contribution in [0.25, 0.3) is 0 Å². The largest absolute Gasteiger partial charge is 0.310 e. The van der Waals surface area contributed by atoms with Gasteiger partial charge in [-0.2, -0.15) is 5.10 Å². The average Bonchev–Trinajstić information content (AvgIpc) is 2.82. The van der Waals surface area contributed by atoms with Crippen molar-refractivity contribution in [1.29, 1.82) is 0 Å². The van der Waals surface area contributed by atoms with Crippen LogP contribution in [-0.4, -0.2) is 33.3 Å². The third-order valence-corrected chi connectivity index (χ3v) is 3.80. The fourth-order valence-electron chi connectivity index (χ4n) is 2.78. The van der Waals surface area contributed by atoms with E-state index in [1.165, 1.54) is 25.7 Å².